The molecule has 3 rings (SSSR count). The number of carbonyl (C=O) groups is 1. The van der Waals surface area contributed by atoms with E-state index >= 15 is 0 Å². The van der Waals surface area contributed by atoms with Crippen molar-refractivity contribution >= 4 is 34.5 Å². The smallest absolute Gasteiger partial charge is 0.261 e. The largest absolute Gasteiger partial charge is 0.361 e. The summed E-state index contributed by atoms with van der Waals surface area (Å²) in [5.74, 6) is -0.494. The van der Waals surface area contributed by atoms with E-state index in [0.29, 0.717) is 22.2 Å². The van der Waals surface area contributed by atoms with Crippen molar-refractivity contribution in [3.8, 4) is 0 Å². The van der Waals surface area contributed by atoms with Crippen LogP contribution in [0, 0.1) is 12.7 Å². The van der Waals surface area contributed by atoms with Gasteiger partial charge in [-0.05, 0) is 55.5 Å². The van der Waals surface area contributed by atoms with Gasteiger partial charge in [-0.3, -0.25) is 4.79 Å². The second-order valence-electron chi connectivity index (χ2n) is 5.50. The molecule has 0 aliphatic rings. The highest BCUT2D eigenvalue weighted by atomic mass is 35.5. The molecule has 0 saturated heterocycles. The van der Waals surface area contributed by atoms with Gasteiger partial charge in [-0.25, -0.2) is 4.39 Å². The van der Waals surface area contributed by atoms with Gasteiger partial charge in [0, 0.05) is 28.7 Å². The molecule has 2 aromatic carbocycles. The molecule has 0 spiro atoms. The Kier molecular flexibility index (Phi) is 5.34. The highest BCUT2D eigenvalue weighted by Gasteiger charge is 2.17. The number of carbonyl (C=O) groups excluding carboxylic acids is 1. The van der Waals surface area contributed by atoms with Gasteiger partial charge in [0.1, 0.15) is 11.4 Å². The number of aryl methyl sites for hydroxylation is 1. The number of hydrogen-bond donors (Lipinski definition) is 2. The Labute approximate surface area is 154 Å². The summed E-state index contributed by atoms with van der Waals surface area (Å²) >= 11 is 5.87. The van der Waals surface area contributed by atoms with Gasteiger partial charge in [-0.15, -0.1) is 0 Å². The van der Waals surface area contributed by atoms with Crippen LogP contribution in [0.2, 0.25) is 5.02 Å². The minimum Gasteiger partial charge on any atom is -0.361 e. The van der Waals surface area contributed by atoms with E-state index in [0.717, 1.165) is 5.69 Å². The number of benzene rings is 2. The summed E-state index contributed by atoms with van der Waals surface area (Å²) in [6.07, 6.45) is 1.52. The van der Waals surface area contributed by atoms with Gasteiger partial charge >= 0.3 is 0 Å². The second-order valence-corrected chi connectivity index (χ2v) is 5.94. The fourth-order valence-corrected chi connectivity index (χ4v) is 2.30. The first-order valence-corrected chi connectivity index (χ1v) is 8.12. The van der Waals surface area contributed by atoms with E-state index in [1.165, 1.54) is 30.5 Å². The van der Waals surface area contributed by atoms with Crippen molar-refractivity contribution in [1.82, 2.24) is 5.16 Å². The lowest BCUT2D eigenvalue weighted by Gasteiger charge is -2.08. The molecule has 0 fully saturated rings. The van der Waals surface area contributed by atoms with Crippen LogP contribution in [-0.2, 0) is 4.79 Å². The average molecular weight is 372 g/mol. The lowest BCUT2D eigenvalue weighted by atomic mass is 10.2. The zero-order chi connectivity index (χ0) is 18.5. The van der Waals surface area contributed by atoms with E-state index in [2.05, 4.69) is 15.8 Å². The van der Waals surface area contributed by atoms with Crippen LogP contribution in [0.1, 0.15) is 11.5 Å². The molecular formula is C19H15ClFN3O2. The van der Waals surface area contributed by atoms with Crippen LogP contribution in [-0.4, -0.2) is 11.1 Å². The summed E-state index contributed by atoms with van der Waals surface area (Å²) in [4.78, 5) is 12.7. The fourth-order valence-electron chi connectivity index (χ4n) is 2.17. The molecule has 132 valence electrons. The van der Waals surface area contributed by atoms with Gasteiger partial charge in [0.15, 0.2) is 5.76 Å². The number of hydrogen-bond acceptors (Lipinski definition) is 4. The Morgan fingerprint density at radius 1 is 1.12 bits per heavy atom. The zero-order valence-corrected chi connectivity index (χ0v) is 14.5. The number of anilines is 2. The van der Waals surface area contributed by atoms with E-state index < -0.39 is 5.91 Å². The maximum atomic E-state index is 13.0. The van der Waals surface area contributed by atoms with Gasteiger partial charge in [-0.2, -0.15) is 0 Å². The highest BCUT2D eigenvalue weighted by molar-refractivity contribution is 6.30. The number of rotatable bonds is 5. The molecule has 7 heteroatoms. The van der Waals surface area contributed by atoms with Crippen molar-refractivity contribution in [2.24, 2.45) is 0 Å². The quantitative estimate of drug-likeness (QED) is 0.628. The first-order chi connectivity index (χ1) is 12.5. The van der Waals surface area contributed by atoms with Crippen LogP contribution < -0.4 is 10.6 Å². The van der Waals surface area contributed by atoms with Crippen molar-refractivity contribution in [1.29, 1.82) is 0 Å². The van der Waals surface area contributed by atoms with Gasteiger partial charge in [0.25, 0.3) is 5.91 Å². The third-order valence-electron chi connectivity index (χ3n) is 3.47. The third kappa shape index (κ3) is 4.49. The molecule has 0 atom stereocenters. The van der Waals surface area contributed by atoms with Gasteiger partial charge in [0.2, 0.25) is 0 Å². The van der Waals surface area contributed by atoms with Crippen molar-refractivity contribution in [2.75, 3.05) is 10.6 Å². The molecular weight excluding hydrogens is 357 g/mol. The Morgan fingerprint density at radius 2 is 1.77 bits per heavy atom. The molecule has 0 aliphatic carbocycles. The van der Waals surface area contributed by atoms with Crippen LogP contribution in [0.3, 0.4) is 0 Å². The average Bonchev–Trinajstić information content (AvgIpc) is 3.05. The maximum Gasteiger partial charge on any atom is 0.261 e. The Hall–Kier alpha value is -3.12. The van der Waals surface area contributed by atoms with Crippen LogP contribution in [0.25, 0.3) is 5.57 Å². The topological polar surface area (TPSA) is 67.2 Å². The number of amides is 1. The van der Waals surface area contributed by atoms with Crippen molar-refractivity contribution in [2.45, 2.75) is 6.92 Å². The predicted octanol–water partition coefficient (Wildman–Crippen LogP) is 4.87. The summed E-state index contributed by atoms with van der Waals surface area (Å²) in [5, 5.41) is 10.2. The van der Waals surface area contributed by atoms with Crippen LogP contribution >= 0.6 is 11.6 Å². The monoisotopic (exact) mass is 371 g/mol. The molecule has 26 heavy (non-hydrogen) atoms. The summed E-state index contributed by atoms with van der Waals surface area (Å²) in [6.45, 7) is 1.76. The maximum absolute atomic E-state index is 13.0. The molecule has 5 nitrogen and oxygen atoms in total. The summed E-state index contributed by atoms with van der Waals surface area (Å²) in [7, 11) is 0. The minimum atomic E-state index is -0.422. The predicted molar refractivity (Wildman–Crippen MR) is 99.3 cm³/mol. The Morgan fingerprint density at radius 3 is 2.38 bits per heavy atom. The van der Waals surface area contributed by atoms with E-state index in [4.69, 9.17) is 16.1 Å². The van der Waals surface area contributed by atoms with Gasteiger partial charge in [-0.1, -0.05) is 16.8 Å². The molecule has 0 aliphatic heterocycles. The fraction of sp³-hybridized carbons (Fsp3) is 0.0526. The number of nitrogens with zero attached hydrogens (tertiary/aromatic N) is 1. The van der Waals surface area contributed by atoms with E-state index in [1.54, 1.807) is 37.3 Å². The molecule has 0 bridgehead atoms. The lowest BCUT2D eigenvalue weighted by Crippen LogP contribution is -2.14. The second kappa shape index (κ2) is 7.84. The summed E-state index contributed by atoms with van der Waals surface area (Å²) in [5.41, 5.74) is 2.10. The molecule has 3 aromatic rings. The normalized spacial score (nSPS) is 11.3. The SMILES string of the molecule is Cc1cc(C(=CNc2ccc(Cl)cc2)C(=O)Nc2ccc(F)cc2)on1. The minimum absolute atomic E-state index is 0.241. The number of aromatic nitrogens is 1. The standard InChI is InChI=1S/C19H15ClFN3O2/c1-12-10-18(26-24-12)17(11-22-15-6-2-13(20)3-7-15)19(25)23-16-8-4-14(21)5-9-16/h2-11,22H,1H3,(H,23,25). The molecule has 0 unspecified atom stereocenters. The first-order valence-electron chi connectivity index (χ1n) is 7.74. The third-order valence-corrected chi connectivity index (χ3v) is 3.72. The number of halogens is 2. The van der Waals surface area contributed by atoms with E-state index in [1.807, 2.05) is 0 Å². The van der Waals surface area contributed by atoms with Crippen molar-refractivity contribution < 1.29 is 13.7 Å². The number of nitrogens with one attached hydrogen (secondary N) is 2. The molecule has 0 radical (unpaired) electrons. The molecule has 1 heterocycles. The summed E-state index contributed by atoms with van der Waals surface area (Å²) in [6, 6.07) is 14.2. The van der Waals surface area contributed by atoms with Crippen LogP contribution in [0.5, 0.6) is 0 Å². The van der Waals surface area contributed by atoms with Crippen LogP contribution in [0.4, 0.5) is 15.8 Å². The summed E-state index contributed by atoms with van der Waals surface area (Å²) < 4.78 is 18.2. The first kappa shape index (κ1) is 17.7. The highest BCUT2D eigenvalue weighted by Crippen LogP contribution is 2.20. The van der Waals surface area contributed by atoms with E-state index in [-0.39, 0.29) is 11.4 Å². The van der Waals surface area contributed by atoms with Gasteiger partial charge < -0.3 is 15.2 Å². The molecule has 1 amide bonds. The van der Waals surface area contributed by atoms with Crippen molar-refractivity contribution in [3.63, 3.8) is 0 Å². The Balaban J connectivity index is 1.84. The zero-order valence-electron chi connectivity index (χ0n) is 13.8. The molecule has 2 N–H and O–H groups in total. The van der Waals surface area contributed by atoms with Gasteiger partial charge in [0.05, 0.1) is 5.69 Å². The van der Waals surface area contributed by atoms with Crippen LogP contribution in [0.15, 0.2) is 65.3 Å². The lowest BCUT2D eigenvalue weighted by molar-refractivity contribution is -0.111. The Bertz CT molecular complexity index is 934. The van der Waals surface area contributed by atoms with E-state index in [9.17, 15) is 9.18 Å². The van der Waals surface area contributed by atoms with Crippen molar-refractivity contribution in [3.05, 3.63) is 83.1 Å². The molecule has 1 aromatic heterocycles. The molecule has 0 saturated carbocycles.